The van der Waals surface area contributed by atoms with E-state index in [1.54, 1.807) is 4.90 Å². The Morgan fingerprint density at radius 2 is 1.97 bits per heavy atom. The summed E-state index contributed by atoms with van der Waals surface area (Å²) in [5.74, 6) is 0. The molecule has 2 aromatic rings. The molecule has 1 aromatic carbocycles. The molecular formula is C24H33N3O4. The van der Waals surface area contributed by atoms with Crippen molar-refractivity contribution >= 4 is 16.9 Å². The van der Waals surface area contributed by atoms with Gasteiger partial charge in [-0.25, -0.2) is 4.79 Å². The number of urea groups is 1. The number of ether oxygens (including phenoxy) is 2. The Balaban J connectivity index is 1.57. The number of fused-ring (bicyclic) bond motifs is 1. The Morgan fingerprint density at radius 1 is 1.16 bits per heavy atom. The maximum absolute atomic E-state index is 13.2. The maximum atomic E-state index is 13.2. The first-order valence-corrected chi connectivity index (χ1v) is 11.4. The van der Waals surface area contributed by atoms with Gasteiger partial charge in [0.2, 0.25) is 0 Å². The summed E-state index contributed by atoms with van der Waals surface area (Å²) in [6.07, 6.45) is 5.36. The van der Waals surface area contributed by atoms with Gasteiger partial charge in [-0.1, -0.05) is 30.9 Å². The van der Waals surface area contributed by atoms with E-state index in [0.717, 1.165) is 47.7 Å². The molecule has 2 heterocycles. The summed E-state index contributed by atoms with van der Waals surface area (Å²) in [4.78, 5) is 30.7. The van der Waals surface area contributed by atoms with Crippen LogP contribution in [0.4, 0.5) is 4.79 Å². The number of H-pyrrole nitrogens is 1. The van der Waals surface area contributed by atoms with Crippen LogP contribution in [0.1, 0.15) is 48.8 Å². The van der Waals surface area contributed by atoms with E-state index < -0.39 is 0 Å². The molecule has 168 valence electrons. The molecule has 1 aliphatic heterocycles. The molecule has 2 amide bonds. The van der Waals surface area contributed by atoms with E-state index in [0.29, 0.717) is 31.9 Å². The Hall–Kier alpha value is -2.38. The number of pyridine rings is 1. The van der Waals surface area contributed by atoms with Crippen LogP contribution in [0.15, 0.2) is 23.0 Å². The summed E-state index contributed by atoms with van der Waals surface area (Å²) in [5.41, 5.74) is 3.45. The van der Waals surface area contributed by atoms with Crippen molar-refractivity contribution in [3.63, 3.8) is 0 Å². The number of nitrogens with zero attached hydrogens (tertiary/aromatic N) is 1. The summed E-state index contributed by atoms with van der Waals surface area (Å²) in [6.45, 7) is 6.22. The molecule has 2 fully saturated rings. The number of carbonyl (C=O) groups excluding carboxylic acids is 1. The van der Waals surface area contributed by atoms with Gasteiger partial charge in [-0.2, -0.15) is 0 Å². The SMILES string of the molecule is Cc1cc(C)c2[nH]c(=O)c(CN(CC3COCCO3)C(=O)NC3CCCCC3)cc2c1. The van der Waals surface area contributed by atoms with Crippen molar-refractivity contribution in [1.82, 2.24) is 15.2 Å². The zero-order chi connectivity index (χ0) is 21.8. The molecular weight excluding hydrogens is 394 g/mol. The second-order valence-electron chi connectivity index (χ2n) is 8.90. The van der Waals surface area contributed by atoms with E-state index in [1.165, 1.54) is 6.42 Å². The average Bonchev–Trinajstić information content (AvgIpc) is 2.76. The fraction of sp³-hybridized carbons (Fsp3) is 0.583. The lowest BCUT2D eigenvalue weighted by atomic mass is 9.96. The van der Waals surface area contributed by atoms with Crippen molar-refractivity contribution in [2.75, 3.05) is 26.4 Å². The third kappa shape index (κ3) is 5.46. The highest BCUT2D eigenvalue weighted by Gasteiger charge is 2.25. The average molecular weight is 428 g/mol. The van der Waals surface area contributed by atoms with Gasteiger partial charge >= 0.3 is 6.03 Å². The third-order valence-electron chi connectivity index (χ3n) is 6.26. The van der Waals surface area contributed by atoms with Gasteiger partial charge in [-0.3, -0.25) is 4.79 Å². The van der Waals surface area contributed by atoms with Gasteiger partial charge in [0, 0.05) is 11.6 Å². The smallest absolute Gasteiger partial charge is 0.318 e. The van der Waals surface area contributed by atoms with Crippen LogP contribution in [0.3, 0.4) is 0 Å². The number of benzene rings is 1. The van der Waals surface area contributed by atoms with Crippen LogP contribution in [-0.2, 0) is 16.0 Å². The summed E-state index contributed by atoms with van der Waals surface area (Å²) in [7, 11) is 0. The number of aryl methyl sites for hydroxylation is 2. The number of amides is 2. The lowest BCUT2D eigenvalue weighted by molar-refractivity contribution is -0.0947. The van der Waals surface area contributed by atoms with Crippen molar-refractivity contribution in [2.24, 2.45) is 0 Å². The van der Waals surface area contributed by atoms with Crippen LogP contribution in [0.5, 0.6) is 0 Å². The number of carbonyl (C=O) groups is 1. The fourth-order valence-corrected chi connectivity index (χ4v) is 4.68. The largest absolute Gasteiger partial charge is 0.376 e. The predicted octanol–water partition coefficient (Wildman–Crippen LogP) is 3.40. The number of aromatic nitrogens is 1. The Labute approximate surface area is 183 Å². The van der Waals surface area contributed by atoms with Crippen molar-refractivity contribution in [3.8, 4) is 0 Å². The van der Waals surface area contributed by atoms with E-state index in [1.807, 2.05) is 19.9 Å². The monoisotopic (exact) mass is 427 g/mol. The van der Waals surface area contributed by atoms with Crippen LogP contribution in [0, 0.1) is 13.8 Å². The molecule has 31 heavy (non-hydrogen) atoms. The molecule has 1 unspecified atom stereocenters. The Kier molecular flexibility index (Phi) is 6.92. The molecule has 1 aromatic heterocycles. The van der Waals surface area contributed by atoms with Crippen LogP contribution >= 0.6 is 0 Å². The number of hydrogen-bond donors (Lipinski definition) is 2. The standard InChI is InChI=1S/C24H33N3O4/c1-16-10-17(2)22-18(11-16)12-19(23(28)26-22)13-27(14-21-15-30-8-9-31-21)24(29)25-20-6-4-3-5-7-20/h10-12,20-21H,3-9,13-15H2,1-2H3,(H,25,29)(H,26,28). The van der Waals surface area contributed by atoms with Crippen LogP contribution in [-0.4, -0.2) is 54.4 Å². The van der Waals surface area contributed by atoms with Gasteiger partial charge < -0.3 is 24.7 Å². The topological polar surface area (TPSA) is 83.7 Å². The molecule has 1 saturated carbocycles. The van der Waals surface area contributed by atoms with E-state index >= 15 is 0 Å². The molecule has 4 rings (SSSR count). The van der Waals surface area contributed by atoms with Gasteiger partial charge in [-0.05, 0) is 49.8 Å². The van der Waals surface area contributed by atoms with Crippen molar-refractivity contribution in [3.05, 3.63) is 45.2 Å². The Morgan fingerprint density at radius 3 is 2.71 bits per heavy atom. The summed E-state index contributed by atoms with van der Waals surface area (Å²) in [5, 5.41) is 4.17. The molecule has 0 bridgehead atoms. The van der Waals surface area contributed by atoms with Gasteiger partial charge in [0.25, 0.3) is 5.56 Å². The minimum atomic E-state index is -0.185. The number of rotatable bonds is 5. The van der Waals surface area contributed by atoms with E-state index in [2.05, 4.69) is 22.4 Å². The minimum absolute atomic E-state index is 0.138. The zero-order valence-electron chi connectivity index (χ0n) is 18.5. The van der Waals surface area contributed by atoms with Crippen LogP contribution in [0.25, 0.3) is 10.9 Å². The minimum Gasteiger partial charge on any atom is -0.376 e. The second kappa shape index (κ2) is 9.83. The fourth-order valence-electron chi connectivity index (χ4n) is 4.68. The molecule has 0 spiro atoms. The molecule has 2 aliphatic rings. The molecule has 1 aliphatic carbocycles. The molecule has 2 N–H and O–H groups in total. The highest BCUT2D eigenvalue weighted by molar-refractivity contribution is 5.83. The maximum Gasteiger partial charge on any atom is 0.318 e. The molecule has 7 heteroatoms. The lowest BCUT2D eigenvalue weighted by Crippen LogP contribution is -2.49. The van der Waals surface area contributed by atoms with Crippen LogP contribution in [0.2, 0.25) is 0 Å². The van der Waals surface area contributed by atoms with E-state index in [4.69, 9.17) is 9.47 Å². The zero-order valence-corrected chi connectivity index (χ0v) is 18.5. The number of nitrogens with one attached hydrogen (secondary N) is 2. The predicted molar refractivity (Wildman–Crippen MR) is 120 cm³/mol. The normalized spacial score (nSPS) is 20.0. The summed E-state index contributed by atoms with van der Waals surface area (Å²) < 4.78 is 11.3. The van der Waals surface area contributed by atoms with Crippen LogP contribution < -0.4 is 10.9 Å². The first-order valence-electron chi connectivity index (χ1n) is 11.4. The molecule has 1 saturated heterocycles. The lowest BCUT2D eigenvalue weighted by Gasteiger charge is -2.32. The molecule has 1 atom stereocenters. The Bertz CT molecular complexity index is 975. The van der Waals surface area contributed by atoms with Crippen molar-refractivity contribution in [2.45, 2.75) is 64.6 Å². The van der Waals surface area contributed by atoms with Gasteiger partial charge in [0.1, 0.15) is 0 Å². The van der Waals surface area contributed by atoms with Crippen molar-refractivity contribution in [1.29, 1.82) is 0 Å². The second-order valence-corrected chi connectivity index (χ2v) is 8.90. The van der Waals surface area contributed by atoms with Crippen molar-refractivity contribution < 1.29 is 14.3 Å². The quantitative estimate of drug-likeness (QED) is 0.766. The first-order chi connectivity index (χ1) is 15.0. The number of aromatic amines is 1. The summed E-state index contributed by atoms with van der Waals surface area (Å²) in [6, 6.07) is 6.09. The van der Waals surface area contributed by atoms with E-state index in [9.17, 15) is 9.59 Å². The van der Waals surface area contributed by atoms with Gasteiger partial charge in [0.15, 0.2) is 0 Å². The summed E-state index contributed by atoms with van der Waals surface area (Å²) >= 11 is 0. The van der Waals surface area contributed by atoms with Gasteiger partial charge in [-0.15, -0.1) is 0 Å². The molecule has 7 nitrogen and oxygen atoms in total. The van der Waals surface area contributed by atoms with Gasteiger partial charge in [0.05, 0.1) is 44.5 Å². The molecule has 0 radical (unpaired) electrons. The number of hydrogen-bond acceptors (Lipinski definition) is 4. The third-order valence-corrected chi connectivity index (χ3v) is 6.26. The first kappa shape index (κ1) is 21.8. The highest BCUT2D eigenvalue weighted by atomic mass is 16.6. The van der Waals surface area contributed by atoms with E-state index in [-0.39, 0.29) is 30.3 Å². The highest BCUT2D eigenvalue weighted by Crippen LogP contribution is 2.20.